The topological polar surface area (TPSA) is 63.8 Å². The molecule has 2 aromatic rings. The molecule has 0 unspecified atom stereocenters. The summed E-state index contributed by atoms with van der Waals surface area (Å²) in [7, 11) is 0. The van der Waals surface area contributed by atoms with Crippen molar-refractivity contribution in [1.82, 2.24) is 9.97 Å². The summed E-state index contributed by atoms with van der Waals surface area (Å²) in [5, 5.41) is 3.84. The molecule has 5 heteroatoms. The molecule has 4 nitrogen and oxygen atoms in total. The average molecular weight is 263 g/mol. The van der Waals surface area contributed by atoms with Crippen LogP contribution in [0.25, 0.3) is 0 Å². The van der Waals surface area contributed by atoms with Crippen LogP contribution in [0.2, 0.25) is 5.02 Å². The fourth-order valence-electron chi connectivity index (χ4n) is 1.52. The SMILES string of the molecule is CC(C)c1nc(N)cc(Nc2cccc(Cl)c2)n1. The molecule has 3 N–H and O–H groups in total. The van der Waals surface area contributed by atoms with Crippen molar-refractivity contribution in [3.63, 3.8) is 0 Å². The summed E-state index contributed by atoms with van der Waals surface area (Å²) in [6.45, 7) is 4.05. The van der Waals surface area contributed by atoms with Crippen LogP contribution < -0.4 is 11.1 Å². The standard InChI is InChI=1S/C13H15ClN4/c1-8(2)13-17-11(15)7-12(18-13)16-10-5-3-4-9(14)6-10/h3-8H,1-2H3,(H3,15,16,17,18). The maximum absolute atomic E-state index is 5.93. The molecular weight excluding hydrogens is 248 g/mol. The van der Waals surface area contributed by atoms with Crippen molar-refractivity contribution < 1.29 is 0 Å². The highest BCUT2D eigenvalue weighted by Crippen LogP contribution is 2.21. The number of hydrogen-bond acceptors (Lipinski definition) is 4. The molecule has 0 spiro atoms. The van der Waals surface area contributed by atoms with E-state index in [2.05, 4.69) is 15.3 Å². The second-order valence-corrected chi connectivity index (χ2v) is 4.76. The van der Waals surface area contributed by atoms with Gasteiger partial charge in [0.25, 0.3) is 0 Å². The number of nitrogens with zero attached hydrogens (tertiary/aromatic N) is 2. The van der Waals surface area contributed by atoms with E-state index in [9.17, 15) is 0 Å². The van der Waals surface area contributed by atoms with Gasteiger partial charge in [-0.05, 0) is 18.2 Å². The van der Waals surface area contributed by atoms with Crippen LogP contribution in [0, 0.1) is 0 Å². The Morgan fingerprint density at radius 2 is 2.00 bits per heavy atom. The molecule has 94 valence electrons. The molecule has 2 rings (SSSR count). The number of anilines is 3. The normalized spacial score (nSPS) is 10.7. The van der Waals surface area contributed by atoms with Crippen LogP contribution in [0.1, 0.15) is 25.6 Å². The lowest BCUT2D eigenvalue weighted by atomic mass is 10.2. The van der Waals surface area contributed by atoms with Gasteiger partial charge in [-0.3, -0.25) is 0 Å². The van der Waals surface area contributed by atoms with Crippen molar-refractivity contribution in [3.8, 4) is 0 Å². The van der Waals surface area contributed by atoms with Crippen LogP contribution in [0.3, 0.4) is 0 Å². The van der Waals surface area contributed by atoms with E-state index in [4.69, 9.17) is 17.3 Å². The molecule has 0 amide bonds. The van der Waals surface area contributed by atoms with Gasteiger partial charge in [-0.25, -0.2) is 9.97 Å². The Kier molecular flexibility index (Phi) is 3.67. The number of nitrogens with one attached hydrogen (secondary N) is 1. The molecule has 0 aliphatic carbocycles. The van der Waals surface area contributed by atoms with E-state index in [0.717, 1.165) is 11.5 Å². The summed E-state index contributed by atoms with van der Waals surface area (Å²) in [6, 6.07) is 9.14. The zero-order valence-electron chi connectivity index (χ0n) is 10.3. The second-order valence-electron chi connectivity index (χ2n) is 4.33. The number of rotatable bonds is 3. The van der Waals surface area contributed by atoms with E-state index in [0.29, 0.717) is 16.7 Å². The predicted octanol–water partition coefficient (Wildman–Crippen LogP) is 3.58. The maximum atomic E-state index is 5.93. The highest BCUT2D eigenvalue weighted by molar-refractivity contribution is 6.30. The fraction of sp³-hybridized carbons (Fsp3) is 0.231. The fourth-order valence-corrected chi connectivity index (χ4v) is 1.71. The third-order valence-electron chi connectivity index (χ3n) is 2.38. The molecule has 0 atom stereocenters. The van der Waals surface area contributed by atoms with Crippen LogP contribution in [0.4, 0.5) is 17.3 Å². The number of nitrogen functional groups attached to an aromatic ring is 1. The van der Waals surface area contributed by atoms with Crippen molar-refractivity contribution >= 4 is 28.9 Å². The highest BCUT2D eigenvalue weighted by atomic mass is 35.5. The number of aromatic nitrogens is 2. The first kappa shape index (κ1) is 12.6. The third-order valence-corrected chi connectivity index (χ3v) is 2.61. The largest absolute Gasteiger partial charge is 0.384 e. The van der Waals surface area contributed by atoms with Crippen molar-refractivity contribution in [2.24, 2.45) is 0 Å². The Labute approximate surface area is 111 Å². The first-order valence-electron chi connectivity index (χ1n) is 5.71. The number of hydrogen-bond donors (Lipinski definition) is 2. The Hall–Kier alpha value is -1.81. The van der Waals surface area contributed by atoms with Gasteiger partial charge >= 0.3 is 0 Å². The molecule has 0 aliphatic heterocycles. The van der Waals surface area contributed by atoms with Crippen molar-refractivity contribution in [2.45, 2.75) is 19.8 Å². The Morgan fingerprint density at radius 3 is 2.67 bits per heavy atom. The predicted molar refractivity (Wildman–Crippen MR) is 75.3 cm³/mol. The van der Waals surface area contributed by atoms with E-state index >= 15 is 0 Å². The van der Waals surface area contributed by atoms with Gasteiger partial charge in [-0.2, -0.15) is 0 Å². The van der Waals surface area contributed by atoms with Gasteiger partial charge in [0.15, 0.2) is 0 Å². The van der Waals surface area contributed by atoms with E-state index in [-0.39, 0.29) is 5.92 Å². The van der Waals surface area contributed by atoms with E-state index in [1.165, 1.54) is 0 Å². The molecular formula is C13H15ClN4. The zero-order valence-corrected chi connectivity index (χ0v) is 11.1. The number of halogens is 1. The minimum Gasteiger partial charge on any atom is -0.384 e. The van der Waals surface area contributed by atoms with Gasteiger partial charge in [-0.1, -0.05) is 31.5 Å². The van der Waals surface area contributed by atoms with Crippen LogP contribution in [-0.2, 0) is 0 Å². The smallest absolute Gasteiger partial charge is 0.136 e. The van der Waals surface area contributed by atoms with Crippen LogP contribution in [0.5, 0.6) is 0 Å². The second kappa shape index (κ2) is 5.23. The van der Waals surface area contributed by atoms with Crippen LogP contribution >= 0.6 is 11.6 Å². The molecule has 0 bridgehead atoms. The zero-order chi connectivity index (χ0) is 13.1. The first-order chi connectivity index (χ1) is 8.54. The number of nitrogens with two attached hydrogens (primary N) is 1. The minimum absolute atomic E-state index is 0.230. The first-order valence-corrected chi connectivity index (χ1v) is 6.09. The Balaban J connectivity index is 2.29. The summed E-state index contributed by atoms with van der Waals surface area (Å²) in [5.41, 5.74) is 6.63. The van der Waals surface area contributed by atoms with Crippen LogP contribution in [-0.4, -0.2) is 9.97 Å². The van der Waals surface area contributed by atoms with Gasteiger partial charge < -0.3 is 11.1 Å². The quantitative estimate of drug-likeness (QED) is 0.887. The molecule has 0 fully saturated rings. The lowest BCUT2D eigenvalue weighted by Gasteiger charge is -2.10. The monoisotopic (exact) mass is 262 g/mol. The Bertz CT molecular complexity index is 554. The summed E-state index contributed by atoms with van der Waals surface area (Å²) in [5.74, 6) is 2.08. The van der Waals surface area contributed by atoms with Gasteiger partial charge in [0.05, 0.1) is 0 Å². The molecule has 0 radical (unpaired) electrons. The van der Waals surface area contributed by atoms with Gasteiger partial charge in [0, 0.05) is 22.7 Å². The Morgan fingerprint density at radius 1 is 1.22 bits per heavy atom. The number of benzene rings is 1. The molecule has 18 heavy (non-hydrogen) atoms. The maximum Gasteiger partial charge on any atom is 0.136 e. The summed E-state index contributed by atoms with van der Waals surface area (Å²) < 4.78 is 0. The third kappa shape index (κ3) is 3.11. The van der Waals surface area contributed by atoms with Crippen molar-refractivity contribution in [3.05, 3.63) is 41.2 Å². The molecule has 0 saturated carbocycles. The summed E-state index contributed by atoms with van der Waals surface area (Å²) >= 11 is 5.93. The minimum atomic E-state index is 0.230. The van der Waals surface area contributed by atoms with E-state index in [1.807, 2.05) is 38.1 Å². The average Bonchev–Trinajstić information content (AvgIpc) is 2.28. The van der Waals surface area contributed by atoms with Gasteiger partial charge in [0.1, 0.15) is 17.5 Å². The summed E-state index contributed by atoms with van der Waals surface area (Å²) in [6.07, 6.45) is 0. The van der Waals surface area contributed by atoms with Gasteiger partial charge in [0.2, 0.25) is 0 Å². The van der Waals surface area contributed by atoms with E-state index < -0.39 is 0 Å². The molecule has 1 aromatic heterocycles. The molecule has 0 saturated heterocycles. The molecule has 1 aromatic carbocycles. The van der Waals surface area contributed by atoms with Crippen molar-refractivity contribution in [1.29, 1.82) is 0 Å². The summed E-state index contributed by atoms with van der Waals surface area (Å²) in [4.78, 5) is 8.61. The molecule has 0 aliphatic rings. The molecule has 1 heterocycles. The highest BCUT2D eigenvalue weighted by Gasteiger charge is 2.06. The lowest BCUT2D eigenvalue weighted by molar-refractivity contribution is 0.779. The van der Waals surface area contributed by atoms with Gasteiger partial charge in [-0.15, -0.1) is 0 Å². The van der Waals surface area contributed by atoms with E-state index in [1.54, 1.807) is 6.07 Å². The van der Waals surface area contributed by atoms with Crippen LogP contribution in [0.15, 0.2) is 30.3 Å². The van der Waals surface area contributed by atoms with Crippen molar-refractivity contribution in [2.75, 3.05) is 11.1 Å². The lowest BCUT2D eigenvalue weighted by Crippen LogP contribution is -2.04.